The molecule has 3 fully saturated rings. The Bertz CT molecular complexity index is 2160. The van der Waals surface area contributed by atoms with Crippen molar-refractivity contribution >= 4 is 74.1 Å². The van der Waals surface area contributed by atoms with E-state index in [-0.39, 0.29) is 24.5 Å². The van der Waals surface area contributed by atoms with Gasteiger partial charge < -0.3 is 19.9 Å². The molecule has 4 aliphatic rings. The number of pyridine rings is 1. The Morgan fingerprint density at radius 3 is 2.54 bits per heavy atom. The smallest absolute Gasteiger partial charge is 0.243 e. The van der Waals surface area contributed by atoms with Crippen molar-refractivity contribution in [3.05, 3.63) is 57.8 Å². The van der Waals surface area contributed by atoms with Crippen molar-refractivity contribution < 1.29 is 23.9 Å². The number of ketones is 1. The Labute approximate surface area is 333 Å². The van der Waals surface area contributed by atoms with Crippen molar-refractivity contribution in [3.63, 3.8) is 0 Å². The van der Waals surface area contributed by atoms with E-state index in [4.69, 9.17) is 19.8 Å². The number of methoxy groups -OCH3 is 1. The summed E-state index contributed by atoms with van der Waals surface area (Å²) in [5.74, 6) is 1.58. The van der Waals surface area contributed by atoms with Gasteiger partial charge in [0.2, 0.25) is 23.5 Å². The van der Waals surface area contributed by atoms with Crippen molar-refractivity contribution in [1.29, 1.82) is 0 Å². The number of imide groups is 1. The number of carbonyl (C=O) groups excluding carboxylic acids is 4. The first-order chi connectivity index (χ1) is 27.1. The molecule has 0 aliphatic carbocycles. The molecular weight excluding hydrogens is 782 g/mol. The minimum Gasteiger partial charge on any atom is -0.381 e. The van der Waals surface area contributed by atoms with Gasteiger partial charge in [-0.25, -0.2) is 9.97 Å². The van der Waals surface area contributed by atoms with Crippen molar-refractivity contribution in [2.75, 3.05) is 61.5 Å². The van der Waals surface area contributed by atoms with Crippen LogP contribution in [0.4, 0.5) is 23.4 Å². The molecule has 17 heteroatoms. The second-order valence-electron chi connectivity index (χ2n) is 15.2. The van der Waals surface area contributed by atoms with Gasteiger partial charge in [-0.2, -0.15) is 10.1 Å². The first-order valence-corrected chi connectivity index (χ1v) is 20.0. The van der Waals surface area contributed by atoms with Crippen molar-refractivity contribution in [2.45, 2.75) is 76.8 Å². The SMILES string of the molecule is COC1CCN(c2nccc(Nc3cc4c(cn3)c(N3CCN(Cc5ccc6c(c5Br)C(C(=O)C=O)N(C5CCC(=O)NC5=O)C6)CC3)nn4C(C)C)n2)CC1. The quantitative estimate of drug-likeness (QED) is 0.128. The monoisotopic (exact) mass is 827 g/mol. The predicted octanol–water partition coefficient (Wildman–Crippen LogP) is 3.68. The number of halogens is 1. The maximum absolute atomic E-state index is 13.1. The van der Waals surface area contributed by atoms with Crippen LogP contribution >= 0.6 is 15.9 Å². The van der Waals surface area contributed by atoms with Gasteiger partial charge in [-0.15, -0.1) is 0 Å². The summed E-state index contributed by atoms with van der Waals surface area (Å²) in [6.45, 7) is 9.99. The number of aromatic nitrogens is 5. The number of amides is 2. The third-order valence-corrected chi connectivity index (χ3v) is 12.3. The van der Waals surface area contributed by atoms with Gasteiger partial charge in [0.15, 0.2) is 12.1 Å². The van der Waals surface area contributed by atoms with Crippen LogP contribution in [0.1, 0.15) is 68.3 Å². The standard InChI is InChI=1S/C39H46BrN11O5/c1-23(2)51-29-18-32(43-31-8-11-41-39(44-31)49-12-9-26(56-3)10-13-49)42-19-27(29)37(46-51)48-16-14-47(15-17-48)20-25-5-4-24-21-50(28-6-7-33(54)45-38(28)55)36(30(53)22-52)34(24)35(25)40/h4-5,8,11,18-19,22-23,26,28,36H,6-7,9-10,12-17,20-21H2,1-3H3,(H,45,54,55)(H,41,42,43,44). The molecular formula is C39H46BrN11O5. The summed E-state index contributed by atoms with van der Waals surface area (Å²) < 4.78 is 8.34. The van der Waals surface area contributed by atoms with E-state index in [2.05, 4.69) is 60.1 Å². The number of nitrogens with zero attached hydrogens (tertiary/aromatic N) is 9. The maximum atomic E-state index is 13.1. The molecule has 3 aromatic heterocycles. The zero-order chi connectivity index (χ0) is 39.1. The molecule has 2 unspecified atom stereocenters. The largest absolute Gasteiger partial charge is 0.381 e. The van der Waals surface area contributed by atoms with Crippen LogP contribution in [0.5, 0.6) is 0 Å². The van der Waals surface area contributed by atoms with E-state index in [1.54, 1.807) is 18.2 Å². The van der Waals surface area contributed by atoms with Gasteiger partial charge in [0.25, 0.3) is 0 Å². The normalized spacial score (nSPS) is 21.2. The summed E-state index contributed by atoms with van der Waals surface area (Å²) >= 11 is 3.79. The molecule has 8 rings (SSSR count). The number of piperazine rings is 1. The molecule has 4 aliphatic heterocycles. The zero-order valence-electron chi connectivity index (χ0n) is 31.8. The van der Waals surface area contributed by atoms with Crippen molar-refractivity contribution in [2.24, 2.45) is 0 Å². The maximum Gasteiger partial charge on any atom is 0.243 e. The lowest BCUT2D eigenvalue weighted by molar-refractivity contribution is -0.141. The number of carbonyl (C=O) groups is 4. The molecule has 4 aromatic rings. The second kappa shape index (κ2) is 16.0. The summed E-state index contributed by atoms with van der Waals surface area (Å²) in [6.07, 6.45) is 6.65. The summed E-state index contributed by atoms with van der Waals surface area (Å²) in [5, 5.41) is 11.8. The Kier molecular flexibility index (Phi) is 10.8. The number of benzene rings is 1. The zero-order valence-corrected chi connectivity index (χ0v) is 33.4. The fourth-order valence-corrected chi connectivity index (χ4v) is 9.14. The summed E-state index contributed by atoms with van der Waals surface area (Å²) in [4.78, 5) is 72.2. The van der Waals surface area contributed by atoms with Gasteiger partial charge in [0, 0.05) is 94.9 Å². The van der Waals surface area contributed by atoms with E-state index in [1.165, 1.54) is 0 Å². The Hall–Kier alpha value is -4.84. The Morgan fingerprint density at radius 1 is 1.04 bits per heavy atom. The van der Waals surface area contributed by atoms with E-state index in [1.807, 2.05) is 35.1 Å². The molecule has 56 heavy (non-hydrogen) atoms. The fraction of sp³-hybridized carbons (Fsp3) is 0.487. The van der Waals surface area contributed by atoms with E-state index < -0.39 is 23.8 Å². The molecule has 1 aromatic carbocycles. The topological polar surface area (TPSA) is 171 Å². The van der Waals surface area contributed by atoms with Gasteiger partial charge in [-0.1, -0.05) is 28.1 Å². The number of anilines is 4. The number of aldehydes is 1. The Morgan fingerprint density at radius 2 is 1.82 bits per heavy atom. The Balaban J connectivity index is 0.952. The molecule has 0 radical (unpaired) electrons. The van der Waals surface area contributed by atoms with Crippen molar-refractivity contribution in [1.82, 2.24) is 39.8 Å². The van der Waals surface area contributed by atoms with Gasteiger partial charge in [-0.3, -0.25) is 39.0 Å². The van der Waals surface area contributed by atoms with Crippen LogP contribution in [-0.2, 0) is 37.0 Å². The van der Waals surface area contributed by atoms with Gasteiger partial charge in [0.05, 0.1) is 23.0 Å². The minimum atomic E-state index is -0.894. The first-order valence-electron chi connectivity index (χ1n) is 19.2. The van der Waals surface area contributed by atoms with E-state index in [0.717, 1.165) is 90.0 Å². The summed E-state index contributed by atoms with van der Waals surface area (Å²) in [7, 11) is 1.76. The molecule has 2 atom stereocenters. The lowest BCUT2D eigenvalue weighted by Crippen LogP contribution is -2.52. The van der Waals surface area contributed by atoms with Gasteiger partial charge in [-0.05, 0) is 55.9 Å². The summed E-state index contributed by atoms with van der Waals surface area (Å²) in [5.41, 5.74) is 3.59. The van der Waals surface area contributed by atoms with Crippen molar-refractivity contribution in [3.8, 4) is 0 Å². The molecule has 2 N–H and O–H groups in total. The van der Waals surface area contributed by atoms with Crippen LogP contribution in [0, 0.1) is 0 Å². The third-order valence-electron chi connectivity index (χ3n) is 11.4. The molecule has 0 saturated carbocycles. The number of hydrogen-bond acceptors (Lipinski definition) is 14. The predicted molar refractivity (Wildman–Crippen MR) is 213 cm³/mol. The van der Waals surface area contributed by atoms with Crippen LogP contribution in [0.25, 0.3) is 10.9 Å². The fourth-order valence-electron chi connectivity index (χ4n) is 8.41. The average molecular weight is 829 g/mol. The lowest BCUT2D eigenvalue weighted by Gasteiger charge is -2.35. The summed E-state index contributed by atoms with van der Waals surface area (Å²) in [6, 6.07) is 6.47. The second-order valence-corrected chi connectivity index (χ2v) is 16.0. The number of piperidine rings is 2. The average Bonchev–Trinajstić information content (AvgIpc) is 3.79. The van der Waals surface area contributed by atoms with Gasteiger partial charge in [0.1, 0.15) is 17.7 Å². The molecule has 0 bridgehead atoms. The number of Topliss-reactive ketones (excluding diaryl/α,β-unsaturated/α-hetero) is 1. The highest BCUT2D eigenvalue weighted by molar-refractivity contribution is 9.10. The molecule has 7 heterocycles. The van der Waals surface area contributed by atoms with E-state index in [9.17, 15) is 19.2 Å². The highest BCUT2D eigenvalue weighted by Gasteiger charge is 2.44. The van der Waals surface area contributed by atoms with Crippen LogP contribution in [0.3, 0.4) is 0 Å². The van der Waals surface area contributed by atoms with E-state index >= 15 is 0 Å². The molecule has 2 amide bonds. The highest BCUT2D eigenvalue weighted by atomic mass is 79.9. The number of nitrogens with one attached hydrogen (secondary N) is 2. The first kappa shape index (κ1) is 38.1. The number of ether oxygens (including phenoxy) is 1. The van der Waals surface area contributed by atoms with Crippen LogP contribution in [0.15, 0.2) is 41.1 Å². The van der Waals surface area contributed by atoms with E-state index in [0.29, 0.717) is 43.4 Å². The lowest BCUT2D eigenvalue weighted by atomic mass is 9.97. The number of rotatable bonds is 11. The number of fused-ring (bicyclic) bond motifs is 2. The number of hydrogen-bond donors (Lipinski definition) is 2. The molecule has 3 saturated heterocycles. The minimum absolute atomic E-state index is 0.126. The molecule has 0 spiro atoms. The highest BCUT2D eigenvalue weighted by Crippen LogP contribution is 2.43. The van der Waals surface area contributed by atoms with Crippen LogP contribution in [0.2, 0.25) is 0 Å². The molecule has 294 valence electrons. The van der Waals surface area contributed by atoms with Crippen LogP contribution in [-0.4, -0.2) is 117 Å². The van der Waals surface area contributed by atoms with Gasteiger partial charge >= 0.3 is 0 Å². The van der Waals surface area contributed by atoms with Crippen LogP contribution < -0.4 is 20.4 Å². The molecule has 16 nitrogen and oxygen atoms in total. The third kappa shape index (κ3) is 7.40.